The number of likely N-dealkylation sites (tertiary alicyclic amines) is 1. The highest BCUT2D eigenvalue weighted by Crippen LogP contribution is 2.33. The Bertz CT molecular complexity index is 693. The molecule has 1 aromatic carbocycles. The highest BCUT2D eigenvalue weighted by atomic mass is 19.1. The fraction of sp³-hybridized carbons (Fsp3) is 0.444. The van der Waals surface area contributed by atoms with Gasteiger partial charge in [-0.1, -0.05) is 19.1 Å². The van der Waals surface area contributed by atoms with Gasteiger partial charge in [-0.3, -0.25) is 9.48 Å². The van der Waals surface area contributed by atoms with Gasteiger partial charge < -0.3 is 4.90 Å². The molecule has 1 aliphatic heterocycles. The van der Waals surface area contributed by atoms with Crippen molar-refractivity contribution in [3.05, 3.63) is 53.1 Å². The molecule has 1 aliphatic rings. The average molecular weight is 315 g/mol. The normalized spacial score (nSPS) is 17.7. The zero-order valence-corrected chi connectivity index (χ0v) is 13.6. The molecule has 0 saturated carbocycles. The lowest BCUT2D eigenvalue weighted by molar-refractivity contribution is 0.0735. The standard InChI is InChI=1S/C18H22FN3O/c1-3-10-21-12-16(13(2)20-21)18(23)22-11-4-5-17(22)14-6-8-15(19)9-7-14/h6-9,12,17H,3-5,10-11H2,1-2H3/t17-/m1/s1. The van der Waals surface area contributed by atoms with Crippen LogP contribution in [0.25, 0.3) is 0 Å². The summed E-state index contributed by atoms with van der Waals surface area (Å²) in [6.45, 7) is 5.51. The molecule has 3 rings (SSSR count). The number of hydrogen-bond acceptors (Lipinski definition) is 2. The molecular weight excluding hydrogens is 293 g/mol. The smallest absolute Gasteiger partial charge is 0.257 e. The van der Waals surface area contributed by atoms with E-state index >= 15 is 0 Å². The topological polar surface area (TPSA) is 38.1 Å². The summed E-state index contributed by atoms with van der Waals surface area (Å²) < 4.78 is 15.0. The molecule has 2 heterocycles. The van der Waals surface area contributed by atoms with Crippen molar-refractivity contribution in [3.8, 4) is 0 Å². The van der Waals surface area contributed by atoms with Crippen molar-refractivity contribution in [2.45, 2.75) is 45.7 Å². The Morgan fingerprint density at radius 2 is 2.09 bits per heavy atom. The lowest BCUT2D eigenvalue weighted by Crippen LogP contribution is -2.30. The number of hydrogen-bond donors (Lipinski definition) is 0. The quantitative estimate of drug-likeness (QED) is 0.862. The fourth-order valence-electron chi connectivity index (χ4n) is 3.27. The Hall–Kier alpha value is -2.17. The molecule has 4 nitrogen and oxygen atoms in total. The Morgan fingerprint density at radius 3 is 2.78 bits per heavy atom. The zero-order valence-electron chi connectivity index (χ0n) is 13.6. The van der Waals surface area contributed by atoms with Crippen LogP contribution in [0, 0.1) is 12.7 Å². The summed E-state index contributed by atoms with van der Waals surface area (Å²) >= 11 is 0. The van der Waals surface area contributed by atoms with Crippen LogP contribution in [0.1, 0.15) is 53.8 Å². The van der Waals surface area contributed by atoms with E-state index in [-0.39, 0.29) is 17.8 Å². The molecule has 0 aliphatic carbocycles. The van der Waals surface area contributed by atoms with E-state index in [4.69, 9.17) is 0 Å². The van der Waals surface area contributed by atoms with E-state index in [1.807, 2.05) is 22.7 Å². The van der Waals surface area contributed by atoms with Crippen molar-refractivity contribution in [2.24, 2.45) is 0 Å². The van der Waals surface area contributed by atoms with Crippen LogP contribution in [0.4, 0.5) is 4.39 Å². The van der Waals surface area contributed by atoms with Crippen molar-refractivity contribution in [3.63, 3.8) is 0 Å². The minimum atomic E-state index is -0.249. The lowest BCUT2D eigenvalue weighted by atomic mass is 10.0. The fourth-order valence-corrected chi connectivity index (χ4v) is 3.27. The van der Waals surface area contributed by atoms with E-state index < -0.39 is 0 Å². The number of benzene rings is 1. The minimum Gasteiger partial charge on any atom is -0.331 e. The maximum absolute atomic E-state index is 13.1. The molecule has 1 saturated heterocycles. The van der Waals surface area contributed by atoms with Crippen LogP contribution in [0.15, 0.2) is 30.5 Å². The Balaban J connectivity index is 1.84. The summed E-state index contributed by atoms with van der Waals surface area (Å²) in [6.07, 6.45) is 4.72. The number of nitrogens with zero attached hydrogens (tertiary/aromatic N) is 3. The van der Waals surface area contributed by atoms with Gasteiger partial charge in [-0.25, -0.2) is 4.39 Å². The highest BCUT2D eigenvalue weighted by Gasteiger charge is 2.32. The molecule has 122 valence electrons. The van der Waals surface area contributed by atoms with Crippen LogP contribution < -0.4 is 0 Å². The van der Waals surface area contributed by atoms with Crippen LogP contribution in [-0.2, 0) is 6.54 Å². The van der Waals surface area contributed by atoms with E-state index in [1.54, 1.807) is 12.1 Å². The second kappa shape index (κ2) is 6.52. The number of amides is 1. The van der Waals surface area contributed by atoms with E-state index in [1.165, 1.54) is 12.1 Å². The van der Waals surface area contributed by atoms with Crippen LogP contribution in [0.3, 0.4) is 0 Å². The molecule has 23 heavy (non-hydrogen) atoms. The molecule has 2 aromatic rings. The Labute approximate surface area is 135 Å². The summed E-state index contributed by atoms with van der Waals surface area (Å²) in [4.78, 5) is 14.8. The predicted molar refractivity (Wildman–Crippen MR) is 86.7 cm³/mol. The van der Waals surface area contributed by atoms with Crippen molar-refractivity contribution in [2.75, 3.05) is 6.54 Å². The third-order valence-corrected chi connectivity index (χ3v) is 4.40. The Morgan fingerprint density at radius 1 is 1.35 bits per heavy atom. The number of rotatable bonds is 4. The predicted octanol–water partition coefficient (Wildman–Crippen LogP) is 3.72. The molecule has 1 atom stereocenters. The molecular formula is C18H22FN3O. The summed E-state index contributed by atoms with van der Waals surface area (Å²) in [6, 6.07) is 6.50. The maximum atomic E-state index is 13.1. The van der Waals surface area contributed by atoms with Crippen LogP contribution >= 0.6 is 0 Å². The van der Waals surface area contributed by atoms with Gasteiger partial charge in [0.1, 0.15) is 5.82 Å². The highest BCUT2D eigenvalue weighted by molar-refractivity contribution is 5.95. The van der Waals surface area contributed by atoms with Crippen LogP contribution in [0.5, 0.6) is 0 Å². The first-order valence-electron chi connectivity index (χ1n) is 8.20. The van der Waals surface area contributed by atoms with Gasteiger partial charge >= 0.3 is 0 Å². The summed E-state index contributed by atoms with van der Waals surface area (Å²) in [5.74, 6) is -0.224. The monoisotopic (exact) mass is 315 g/mol. The number of aryl methyl sites for hydroxylation is 2. The molecule has 5 heteroatoms. The second-order valence-corrected chi connectivity index (χ2v) is 6.10. The van der Waals surface area contributed by atoms with Gasteiger partial charge in [0.2, 0.25) is 0 Å². The van der Waals surface area contributed by atoms with Gasteiger partial charge in [0.05, 0.1) is 17.3 Å². The van der Waals surface area contributed by atoms with Crippen LogP contribution in [0.2, 0.25) is 0 Å². The van der Waals surface area contributed by atoms with Crippen LogP contribution in [-0.4, -0.2) is 27.1 Å². The van der Waals surface area contributed by atoms with E-state index in [2.05, 4.69) is 12.0 Å². The maximum Gasteiger partial charge on any atom is 0.257 e. The molecule has 0 unspecified atom stereocenters. The minimum absolute atomic E-state index is 0.0247. The SMILES string of the molecule is CCCn1cc(C(=O)N2CCC[C@@H]2c2ccc(F)cc2)c(C)n1. The van der Waals surface area contributed by atoms with Gasteiger partial charge in [-0.15, -0.1) is 0 Å². The zero-order chi connectivity index (χ0) is 16.4. The van der Waals surface area contributed by atoms with Gasteiger partial charge in [0.15, 0.2) is 0 Å². The van der Waals surface area contributed by atoms with Gasteiger partial charge in [0, 0.05) is 19.3 Å². The van der Waals surface area contributed by atoms with Crippen molar-refractivity contribution < 1.29 is 9.18 Å². The molecule has 1 aromatic heterocycles. The van der Waals surface area contributed by atoms with Crippen molar-refractivity contribution in [1.29, 1.82) is 0 Å². The van der Waals surface area contributed by atoms with Gasteiger partial charge in [-0.05, 0) is 43.9 Å². The number of halogens is 1. The third-order valence-electron chi connectivity index (χ3n) is 4.40. The molecule has 1 amide bonds. The molecule has 1 fully saturated rings. The molecule has 0 N–H and O–H groups in total. The summed E-state index contributed by atoms with van der Waals surface area (Å²) in [7, 11) is 0. The Kier molecular flexibility index (Phi) is 4.46. The number of aromatic nitrogens is 2. The molecule has 0 spiro atoms. The van der Waals surface area contributed by atoms with Crippen molar-refractivity contribution in [1.82, 2.24) is 14.7 Å². The molecule has 0 radical (unpaired) electrons. The second-order valence-electron chi connectivity index (χ2n) is 6.10. The first-order chi connectivity index (χ1) is 11.1. The number of carbonyl (C=O) groups is 1. The average Bonchev–Trinajstić information content (AvgIpc) is 3.15. The molecule has 0 bridgehead atoms. The number of carbonyl (C=O) groups excluding carboxylic acids is 1. The summed E-state index contributed by atoms with van der Waals surface area (Å²) in [5, 5.41) is 4.42. The third kappa shape index (κ3) is 3.14. The lowest BCUT2D eigenvalue weighted by Gasteiger charge is -2.25. The first-order valence-corrected chi connectivity index (χ1v) is 8.20. The van der Waals surface area contributed by atoms with Crippen molar-refractivity contribution >= 4 is 5.91 Å². The van der Waals surface area contributed by atoms with E-state index in [9.17, 15) is 9.18 Å². The van der Waals surface area contributed by atoms with E-state index in [0.29, 0.717) is 5.56 Å². The largest absolute Gasteiger partial charge is 0.331 e. The summed E-state index contributed by atoms with van der Waals surface area (Å²) in [5.41, 5.74) is 2.44. The van der Waals surface area contributed by atoms with E-state index in [0.717, 1.165) is 43.6 Å². The first kappa shape index (κ1) is 15.7. The van der Waals surface area contributed by atoms with Gasteiger partial charge in [0.25, 0.3) is 5.91 Å². The van der Waals surface area contributed by atoms with Gasteiger partial charge in [-0.2, -0.15) is 5.10 Å².